The maximum atomic E-state index is 13.7. The van der Waals surface area contributed by atoms with Gasteiger partial charge in [-0.1, -0.05) is 41.6 Å². The van der Waals surface area contributed by atoms with E-state index in [2.05, 4.69) is 4.99 Å². The fraction of sp³-hybridized carbons (Fsp3) is 0.176. The highest BCUT2D eigenvalue weighted by Gasteiger charge is 2.25. The Morgan fingerprint density at radius 2 is 1.96 bits per heavy atom. The number of aliphatic imine (C=N–C) groups is 1. The number of carbonyl (C=O) groups is 1. The first kappa shape index (κ1) is 16.0. The van der Waals surface area contributed by atoms with E-state index in [4.69, 9.17) is 11.6 Å². The maximum absolute atomic E-state index is 13.7. The molecule has 0 fully saturated rings. The van der Waals surface area contributed by atoms with Crippen LogP contribution in [0.4, 0.5) is 4.39 Å². The molecule has 1 amide bonds. The van der Waals surface area contributed by atoms with Crippen LogP contribution < -0.4 is 0 Å². The molecule has 0 atom stereocenters. The van der Waals surface area contributed by atoms with Crippen molar-refractivity contribution in [3.63, 3.8) is 0 Å². The summed E-state index contributed by atoms with van der Waals surface area (Å²) in [7, 11) is 0. The number of hydrogen-bond acceptors (Lipinski definition) is 3. The van der Waals surface area contributed by atoms with Gasteiger partial charge in [-0.05, 0) is 35.9 Å². The van der Waals surface area contributed by atoms with Gasteiger partial charge in [0.15, 0.2) is 5.17 Å². The lowest BCUT2D eigenvalue weighted by molar-refractivity contribution is 0.0860. The monoisotopic (exact) mass is 348 g/mol. The lowest BCUT2D eigenvalue weighted by Gasteiger charge is -2.18. The summed E-state index contributed by atoms with van der Waals surface area (Å²) in [5, 5.41) is 1.22. The number of hydrogen-bond donors (Lipinski definition) is 0. The number of benzene rings is 2. The smallest absolute Gasteiger partial charge is 0.259 e. The van der Waals surface area contributed by atoms with Crippen LogP contribution in [0.5, 0.6) is 0 Å². The van der Waals surface area contributed by atoms with Crippen molar-refractivity contribution in [3.05, 3.63) is 70.5 Å². The fourth-order valence-corrected chi connectivity index (χ4v) is 3.40. The van der Waals surface area contributed by atoms with Crippen LogP contribution in [-0.2, 0) is 5.75 Å². The molecule has 0 bridgehead atoms. The summed E-state index contributed by atoms with van der Waals surface area (Å²) in [6, 6.07) is 13.4. The number of amides is 1. The molecule has 2 aromatic carbocycles. The number of halogens is 2. The standard InChI is InChI=1S/C17H14ClFN2OS/c18-14-7-5-12(6-8-14)16(22)21-10-9-20-17(21)23-11-13-3-1-2-4-15(13)19/h1-8H,9-11H2. The minimum Gasteiger partial charge on any atom is -0.286 e. The van der Waals surface area contributed by atoms with Crippen molar-refractivity contribution in [1.82, 2.24) is 4.90 Å². The van der Waals surface area contributed by atoms with Crippen LogP contribution in [0.2, 0.25) is 5.02 Å². The summed E-state index contributed by atoms with van der Waals surface area (Å²) in [5.41, 5.74) is 1.17. The van der Waals surface area contributed by atoms with Crippen molar-refractivity contribution in [2.75, 3.05) is 13.1 Å². The molecule has 3 rings (SSSR count). The molecule has 0 saturated heterocycles. The molecule has 23 heavy (non-hydrogen) atoms. The van der Waals surface area contributed by atoms with Crippen LogP contribution >= 0.6 is 23.4 Å². The summed E-state index contributed by atoms with van der Waals surface area (Å²) in [5.74, 6) is 0.0868. The molecule has 3 nitrogen and oxygen atoms in total. The van der Waals surface area contributed by atoms with Crippen molar-refractivity contribution in [1.29, 1.82) is 0 Å². The zero-order chi connectivity index (χ0) is 16.2. The van der Waals surface area contributed by atoms with Gasteiger partial charge in [-0.3, -0.25) is 14.7 Å². The van der Waals surface area contributed by atoms with Crippen LogP contribution in [0.3, 0.4) is 0 Å². The van der Waals surface area contributed by atoms with E-state index in [1.807, 2.05) is 0 Å². The molecule has 118 valence electrons. The summed E-state index contributed by atoms with van der Waals surface area (Å²) in [6.45, 7) is 1.11. The molecule has 1 heterocycles. The Bertz CT molecular complexity index is 749. The minimum atomic E-state index is -0.242. The van der Waals surface area contributed by atoms with Gasteiger partial charge in [0.1, 0.15) is 5.82 Å². The molecular weight excluding hydrogens is 335 g/mol. The summed E-state index contributed by atoms with van der Waals surface area (Å²) in [4.78, 5) is 18.6. The van der Waals surface area contributed by atoms with Crippen LogP contribution in [0.15, 0.2) is 53.5 Å². The molecule has 2 aromatic rings. The van der Waals surface area contributed by atoms with Gasteiger partial charge in [0.2, 0.25) is 0 Å². The van der Waals surface area contributed by atoms with E-state index in [1.54, 1.807) is 47.4 Å². The Labute approximate surface area is 143 Å². The van der Waals surface area contributed by atoms with E-state index in [-0.39, 0.29) is 11.7 Å². The molecule has 0 aliphatic carbocycles. The maximum Gasteiger partial charge on any atom is 0.259 e. The third-order valence-corrected chi connectivity index (χ3v) is 4.77. The van der Waals surface area contributed by atoms with E-state index in [1.165, 1.54) is 17.8 Å². The lowest BCUT2D eigenvalue weighted by Crippen LogP contribution is -2.32. The van der Waals surface area contributed by atoms with Crippen LogP contribution in [0, 0.1) is 5.82 Å². The third-order valence-electron chi connectivity index (χ3n) is 3.45. The molecule has 0 aromatic heterocycles. The van der Waals surface area contributed by atoms with E-state index in [0.29, 0.717) is 40.2 Å². The Balaban J connectivity index is 1.69. The average Bonchev–Trinajstić information content (AvgIpc) is 3.02. The molecule has 0 spiro atoms. The van der Waals surface area contributed by atoms with Crippen molar-refractivity contribution in [3.8, 4) is 0 Å². The second kappa shape index (κ2) is 7.15. The van der Waals surface area contributed by atoms with E-state index in [9.17, 15) is 9.18 Å². The molecule has 1 aliphatic rings. The minimum absolute atomic E-state index is 0.112. The number of thioether (sulfide) groups is 1. The number of amidine groups is 1. The van der Waals surface area contributed by atoms with Crippen molar-refractivity contribution in [2.45, 2.75) is 5.75 Å². The first-order chi connectivity index (χ1) is 11.1. The SMILES string of the molecule is O=C(c1ccc(Cl)cc1)N1CCN=C1SCc1ccccc1F. The molecule has 0 unspecified atom stereocenters. The topological polar surface area (TPSA) is 32.7 Å². The van der Waals surface area contributed by atoms with E-state index < -0.39 is 0 Å². The van der Waals surface area contributed by atoms with Crippen molar-refractivity contribution in [2.24, 2.45) is 4.99 Å². The second-order valence-corrected chi connectivity index (χ2v) is 6.39. The van der Waals surface area contributed by atoms with Crippen molar-refractivity contribution >= 4 is 34.4 Å². The Morgan fingerprint density at radius 3 is 2.70 bits per heavy atom. The molecular formula is C17H14ClFN2OS. The highest BCUT2D eigenvalue weighted by Crippen LogP contribution is 2.23. The Morgan fingerprint density at radius 1 is 1.22 bits per heavy atom. The van der Waals surface area contributed by atoms with Crippen LogP contribution in [0.1, 0.15) is 15.9 Å². The third kappa shape index (κ3) is 3.74. The van der Waals surface area contributed by atoms with Gasteiger partial charge in [-0.25, -0.2) is 4.39 Å². The quantitative estimate of drug-likeness (QED) is 0.831. The first-order valence-corrected chi connectivity index (χ1v) is 8.49. The van der Waals surface area contributed by atoms with E-state index >= 15 is 0 Å². The second-order valence-electron chi connectivity index (χ2n) is 5.01. The number of carbonyl (C=O) groups excluding carboxylic acids is 1. The fourth-order valence-electron chi connectivity index (χ4n) is 2.24. The molecule has 0 radical (unpaired) electrons. The average molecular weight is 349 g/mol. The summed E-state index contributed by atoms with van der Waals surface area (Å²) >= 11 is 7.22. The van der Waals surface area contributed by atoms with Crippen LogP contribution in [-0.4, -0.2) is 29.1 Å². The van der Waals surface area contributed by atoms with Gasteiger partial charge in [0.25, 0.3) is 5.91 Å². The van der Waals surface area contributed by atoms with Gasteiger partial charge < -0.3 is 0 Å². The number of rotatable bonds is 3. The summed E-state index contributed by atoms with van der Waals surface area (Å²) in [6.07, 6.45) is 0. The van der Waals surface area contributed by atoms with Crippen molar-refractivity contribution < 1.29 is 9.18 Å². The zero-order valence-electron chi connectivity index (χ0n) is 12.2. The Kier molecular flexibility index (Phi) is 4.98. The normalized spacial score (nSPS) is 14.0. The van der Waals surface area contributed by atoms with Gasteiger partial charge in [-0.15, -0.1) is 0 Å². The Hall–Kier alpha value is -1.85. The summed E-state index contributed by atoms with van der Waals surface area (Å²) < 4.78 is 13.7. The molecule has 6 heteroatoms. The largest absolute Gasteiger partial charge is 0.286 e. The molecule has 0 saturated carbocycles. The molecule has 1 aliphatic heterocycles. The number of nitrogens with zero attached hydrogens (tertiary/aromatic N) is 2. The molecule has 0 N–H and O–H groups in total. The zero-order valence-corrected chi connectivity index (χ0v) is 13.8. The van der Waals surface area contributed by atoms with Gasteiger partial charge >= 0.3 is 0 Å². The predicted octanol–water partition coefficient (Wildman–Crippen LogP) is 4.22. The lowest BCUT2D eigenvalue weighted by atomic mass is 10.2. The predicted molar refractivity (Wildman–Crippen MR) is 92.5 cm³/mol. The van der Waals surface area contributed by atoms with Gasteiger partial charge in [0.05, 0.1) is 6.54 Å². The van der Waals surface area contributed by atoms with Gasteiger partial charge in [-0.2, -0.15) is 0 Å². The van der Waals surface area contributed by atoms with E-state index in [0.717, 1.165) is 0 Å². The highest BCUT2D eigenvalue weighted by atomic mass is 35.5. The first-order valence-electron chi connectivity index (χ1n) is 7.13. The van der Waals surface area contributed by atoms with Crippen LogP contribution in [0.25, 0.3) is 0 Å². The van der Waals surface area contributed by atoms with Gasteiger partial charge in [0, 0.05) is 22.9 Å². The highest BCUT2D eigenvalue weighted by molar-refractivity contribution is 8.13.